The van der Waals surface area contributed by atoms with Crippen molar-refractivity contribution in [1.29, 1.82) is 0 Å². The van der Waals surface area contributed by atoms with Gasteiger partial charge in [-0.05, 0) is 31.4 Å². The maximum atomic E-state index is 13.1. The fraction of sp³-hybridized carbons (Fsp3) is 0.692. The highest BCUT2D eigenvalue weighted by Crippen LogP contribution is 2.32. The van der Waals surface area contributed by atoms with Crippen molar-refractivity contribution in [3.63, 3.8) is 0 Å². The minimum absolute atomic E-state index is 0.0761. The van der Waals surface area contributed by atoms with E-state index in [-0.39, 0.29) is 17.6 Å². The molecule has 6 nitrogen and oxygen atoms in total. The van der Waals surface area contributed by atoms with Gasteiger partial charge in [-0.1, -0.05) is 52.8 Å². The number of thioether (sulfide) groups is 1. The van der Waals surface area contributed by atoms with Crippen LogP contribution in [0.5, 0.6) is 0 Å². The third-order valence-electron chi connectivity index (χ3n) is 7.27. The van der Waals surface area contributed by atoms with E-state index in [1.807, 2.05) is 44.2 Å². The molecule has 0 unspecified atom stereocenters. The highest BCUT2D eigenvalue weighted by atomic mass is 32.2. The number of aliphatic hydroxyl groups is 3. The van der Waals surface area contributed by atoms with E-state index in [2.05, 4.69) is 0 Å². The Bertz CT molecular complexity index is 771. The number of carbonyl (C=O) groups excluding carboxylic acids is 2. The van der Waals surface area contributed by atoms with Gasteiger partial charge in [0.1, 0.15) is 11.9 Å². The molecule has 0 amide bonds. The molecule has 1 saturated heterocycles. The van der Waals surface area contributed by atoms with Crippen LogP contribution in [-0.4, -0.2) is 57.2 Å². The Morgan fingerprint density at radius 1 is 0.848 bits per heavy atom. The van der Waals surface area contributed by atoms with Gasteiger partial charge in [0, 0.05) is 34.3 Å². The van der Waals surface area contributed by atoms with Crippen molar-refractivity contribution >= 4 is 23.5 Å². The van der Waals surface area contributed by atoms with Crippen molar-refractivity contribution in [2.45, 2.75) is 77.3 Å². The molecule has 0 aliphatic carbocycles. The first kappa shape index (κ1) is 27.8. The number of hydrogen-bond donors (Lipinski definition) is 3. The highest BCUT2D eigenvalue weighted by Gasteiger charge is 2.40. The number of cyclic esters (lactones) is 1. The first-order valence-electron chi connectivity index (χ1n) is 11.9. The number of hydrogen-bond acceptors (Lipinski definition) is 7. The van der Waals surface area contributed by atoms with Crippen LogP contribution in [0.25, 0.3) is 0 Å². The van der Waals surface area contributed by atoms with Crippen molar-refractivity contribution in [2.24, 2.45) is 35.5 Å². The summed E-state index contributed by atoms with van der Waals surface area (Å²) in [5.74, 6) is -3.37. The summed E-state index contributed by atoms with van der Waals surface area (Å²) >= 11 is 1.51. The standard InChI is InChI=1S/C26H40O6S/c1-14-12-15(2)23(28)18(5)25(30)19(6)26(31)32-21(13-33-20-10-8-7-9-11-20)16(3)24(29)17(4)22(14)27/h7-11,14-19,21,23-25,28-30H,12-13H2,1-6H3/t14-,15+,16+,17+,18-,19-,21-,23+,24+,25+/m1/s1. The molecule has 186 valence electrons. The minimum Gasteiger partial charge on any atom is -0.461 e. The molecule has 1 heterocycles. The summed E-state index contributed by atoms with van der Waals surface area (Å²) in [5, 5.41) is 32.6. The van der Waals surface area contributed by atoms with Gasteiger partial charge in [0.25, 0.3) is 0 Å². The number of carbonyl (C=O) groups is 2. The molecule has 1 aliphatic heterocycles. The van der Waals surface area contributed by atoms with E-state index < -0.39 is 54.1 Å². The van der Waals surface area contributed by atoms with E-state index in [0.29, 0.717) is 12.2 Å². The van der Waals surface area contributed by atoms with Gasteiger partial charge < -0.3 is 20.1 Å². The zero-order chi connectivity index (χ0) is 24.9. The van der Waals surface area contributed by atoms with Gasteiger partial charge in [-0.2, -0.15) is 0 Å². The fourth-order valence-corrected chi connectivity index (χ4v) is 5.74. The number of Topliss-reactive ketones (excluding diaryl/α,β-unsaturated/α-hetero) is 1. The monoisotopic (exact) mass is 480 g/mol. The normalized spacial score (nSPS) is 39.5. The summed E-state index contributed by atoms with van der Waals surface area (Å²) in [6.45, 7) is 10.5. The van der Waals surface area contributed by atoms with Crippen molar-refractivity contribution < 1.29 is 29.6 Å². The molecule has 0 radical (unpaired) electrons. The Morgan fingerprint density at radius 2 is 1.42 bits per heavy atom. The first-order chi connectivity index (χ1) is 15.5. The Labute approximate surface area is 202 Å². The molecule has 33 heavy (non-hydrogen) atoms. The van der Waals surface area contributed by atoms with Gasteiger partial charge in [-0.15, -0.1) is 11.8 Å². The quantitative estimate of drug-likeness (QED) is 0.449. The van der Waals surface area contributed by atoms with Crippen LogP contribution in [0.2, 0.25) is 0 Å². The minimum atomic E-state index is -1.09. The van der Waals surface area contributed by atoms with Crippen LogP contribution in [-0.2, 0) is 14.3 Å². The van der Waals surface area contributed by atoms with Crippen LogP contribution in [0.15, 0.2) is 35.2 Å². The van der Waals surface area contributed by atoms with E-state index >= 15 is 0 Å². The van der Waals surface area contributed by atoms with Crippen molar-refractivity contribution in [3.05, 3.63) is 30.3 Å². The Morgan fingerprint density at radius 3 is 2.03 bits per heavy atom. The molecular formula is C26H40O6S. The molecule has 1 aliphatic rings. The van der Waals surface area contributed by atoms with Gasteiger partial charge in [-0.25, -0.2) is 0 Å². The van der Waals surface area contributed by atoms with Crippen molar-refractivity contribution in [3.8, 4) is 0 Å². The zero-order valence-corrected chi connectivity index (χ0v) is 21.4. The van der Waals surface area contributed by atoms with Crippen molar-refractivity contribution in [2.75, 3.05) is 5.75 Å². The maximum Gasteiger partial charge on any atom is 0.311 e. The Hall–Kier alpha value is -1.41. The number of esters is 1. The molecule has 0 spiro atoms. The molecule has 1 aromatic rings. The molecule has 7 heteroatoms. The van der Waals surface area contributed by atoms with Crippen LogP contribution >= 0.6 is 11.8 Å². The van der Waals surface area contributed by atoms with Gasteiger partial charge in [0.15, 0.2) is 0 Å². The SMILES string of the molecule is C[C@@H]1[C@@H](O)[C@@H](C)C[C@@H](C)C(=O)[C@H](C)[C@@H](O)[C@@H](C)[C@@H](CSc2ccccc2)OC(=O)[C@H](C)[C@H]1O. The number of ketones is 1. The predicted octanol–water partition coefficient (Wildman–Crippen LogP) is 3.56. The average Bonchev–Trinajstić information content (AvgIpc) is 2.82. The largest absolute Gasteiger partial charge is 0.461 e. The molecule has 0 aromatic heterocycles. The molecular weight excluding hydrogens is 440 g/mol. The van der Waals surface area contributed by atoms with E-state index in [1.54, 1.807) is 27.7 Å². The summed E-state index contributed by atoms with van der Waals surface area (Å²) in [6.07, 6.45) is -3.17. The lowest BCUT2D eigenvalue weighted by molar-refractivity contribution is -0.164. The topological polar surface area (TPSA) is 104 Å². The second kappa shape index (κ2) is 12.3. The zero-order valence-electron chi connectivity index (χ0n) is 20.5. The molecule has 1 fully saturated rings. The lowest BCUT2D eigenvalue weighted by Gasteiger charge is -2.36. The Balaban J connectivity index is 2.34. The molecule has 10 atom stereocenters. The van der Waals surface area contributed by atoms with Crippen LogP contribution in [0.1, 0.15) is 48.0 Å². The van der Waals surface area contributed by atoms with E-state index in [1.165, 1.54) is 11.8 Å². The third-order valence-corrected chi connectivity index (χ3v) is 8.37. The van der Waals surface area contributed by atoms with Crippen LogP contribution in [0.4, 0.5) is 0 Å². The molecule has 0 saturated carbocycles. The summed E-state index contributed by atoms with van der Waals surface area (Å²) in [6, 6.07) is 9.69. The summed E-state index contributed by atoms with van der Waals surface area (Å²) in [7, 11) is 0. The number of rotatable bonds is 3. The second-order valence-electron chi connectivity index (χ2n) is 9.88. The number of aliphatic hydroxyl groups excluding tert-OH is 3. The van der Waals surface area contributed by atoms with E-state index in [9.17, 15) is 24.9 Å². The van der Waals surface area contributed by atoms with Gasteiger partial charge >= 0.3 is 5.97 Å². The summed E-state index contributed by atoms with van der Waals surface area (Å²) in [4.78, 5) is 27.1. The lowest BCUT2D eigenvalue weighted by atomic mass is 9.77. The molecule has 1 aromatic carbocycles. The molecule has 3 N–H and O–H groups in total. The first-order valence-corrected chi connectivity index (χ1v) is 12.9. The summed E-state index contributed by atoms with van der Waals surface area (Å²) < 4.78 is 5.83. The van der Waals surface area contributed by atoms with Crippen LogP contribution in [0, 0.1) is 35.5 Å². The molecule has 2 rings (SSSR count). The Kier molecular flexibility index (Phi) is 10.4. The second-order valence-corrected chi connectivity index (χ2v) is 11.0. The number of ether oxygens (including phenoxy) is 1. The van der Waals surface area contributed by atoms with Crippen LogP contribution < -0.4 is 0 Å². The fourth-order valence-electron chi connectivity index (χ4n) is 4.67. The predicted molar refractivity (Wildman–Crippen MR) is 130 cm³/mol. The van der Waals surface area contributed by atoms with Crippen molar-refractivity contribution in [1.82, 2.24) is 0 Å². The lowest BCUT2D eigenvalue weighted by Crippen LogP contribution is -2.46. The summed E-state index contributed by atoms with van der Waals surface area (Å²) in [5.41, 5.74) is 0. The smallest absolute Gasteiger partial charge is 0.311 e. The third kappa shape index (κ3) is 7.04. The van der Waals surface area contributed by atoms with Gasteiger partial charge in [0.2, 0.25) is 0 Å². The average molecular weight is 481 g/mol. The number of benzene rings is 1. The van der Waals surface area contributed by atoms with Gasteiger partial charge in [0.05, 0.1) is 24.2 Å². The van der Waals surface area contributed by atoms with Crippen LogP contribution in [0.3, 0.4) is 0 Å². The highest BCUT2D eigenvalue weighted by molar-refractivity contribution is 7.99. The molecule has 0 bridgehead atoms. The van der Waals surface area contributed by atoms with E-state index in [4.69, 9.17) is 4.74 Å². The van der Waals surface area contributed by atoms with E-state index in [0.717, 1.165) is 4.90 Å². The van der Waals surface area contributed by atoms with Gasteiger partial charge in [-0.3, -0.25) is 9.59 Å². The maximum absolute atomic E-state index is 13.1.